The molecule has 1 aliphatic carbocycles. The zero-order valence-electron chi connectivity index (χ0n) is 18.1. The molecule has 1 saturated carbocycles. The Kier molecular flexibility index (Phi) is 9.11. The van der Waals surface area contributed by atoms with Gasteiger partial charge in [0.15, 0.2) is 5.96 Å². The second kappa shape index (κ2) is 11.8. The fraction of sp³-hybridized carbons (Fsp3) is 0.524. The molecule has 0 atom stereocenters. The van der Waals surface area contributed by atoms with Gasteiger partial charge in [0.1, 0.15) is 0 Å². The molecule has 1 amide bonds. The van der Waals surface area contributed by atoms with Crippen LogP contribution in [-0.2, 0) is 11.2 Å². The maximum absolute atomic E-state index is 12.0. The van der Waals surface area contributed by atoms with Gasteiger partial charge in [0, 0.05) is 62.8 Å². The first-order valence-electron chi connectivity index (χ1n) is 10.7. The Morgan fingerprint density at radius 1 is 1.22 bits per heavy atom. The number of nitrogens with one attached hydrogen (secondary N) is 2. The fourth-order valence-corrected chi connectivity index (χ4v) is 3.63. The third kappa shape index (κ3) is 7.04. The number of carbonyl (C=O) groups is 1. The summed E-state index contributed by atoms with van der Waals surface area (Å²) in [7, 11) is 1.78. The molecule has 4 rings (SSSR count). The summed E-state index contributed by atoms with van der Waals surface area (Å²) in [5, 5.41) is 11.1. The molecule has 9 nitrogen and oxygen atoms in total. The number of benzene rings is 1. The predicted molar refractivity (Wildman–Crippen MR) is 134 cm³/mol. The highest BCUT2D eigenvalue weighted by molar-refractivity contribution is 14.0. The molecule has 11 heteroatoms. The van der Waals surface area contributed by atoms with Gasteiger partial charge in [-0.1, -0.05) is 16.8 Å². The number of halogens is 2. The second-order valence-electron chi connectivity index (χ2n) is 7.85. The van der Waals surface area contributed by atoms with E-state index >= 15 is 0 Å². The Labute approximate surface area is 210 Å². The molecule has 2 fully saturated rings. The van der Waals surface area contributed by atoms with Crippen molar-refractivity contribution in [2.45, 2.75) is 25.3 Å². The summed E-state index contributed by atoms with van der Waals surface area (Å²) < 4.78 is 5.36. The van der Waals surface area contributed by atoms with E-state index in [2.05, 4.69) is 35.6 Å². The molecule has 32 heavy (non-hydrogen) atoms. The molecule has 0 radical (unpaired) electrons. The summed E-state index contributed by atoms with van der Waals surface area (Å²) in [6.45, 7) is 4.46. The Balaban J connectivity index is 0.00000289. The average Bonchev–Trinajstić information content (AvgIpc) is 3.46. The second-order valence-corrected chi connectivity index (χ2v) is 8.28. The van der Waals surface area contributed by atoms with E-state index in [-0.39, 0.29) is 29.9 Å². The molecule has 0 unspecified atom stereocenters. The highest BCUT2D eigenvalue weighted by Crippen LogP contribution is 2.19. The maximum Gasteiger partial charge on any atom is 0.234 e. The number of aromatic nitrogens is 2. The van der Waals surface area contributed by atoms with Crippen LogP contribution < -0.4 is 10.6 Å². The summed E-state index contributed by atoms with van der Waals surface area (Å²) in [5.74, 6) is 2.10. The third-order valence-electron chi connectivity index (χ3n) is 5.39. The van der Waals surface area contributed by atoms with Crippen LogP contribution >= 0.6 is 35.6 Å². The Morgan fingerprint density at radius 2 is 1.94 bits per heavy atom. The molecule has 0 spiro atoms. The molecule has 2 N–H and O–H groups in total. The summed E-state index contributed by atoms with van der Waals surface area (Å²) >= 11 is 5.92. The van der Waals surface area contributed by atoms with Crippen molar-refractivity contribution < 1.29 is 9.32 Å². The first-order chi connectivity index (χ1) is 15.1. The van der Waals surface area contributed by atoms with Crippen LogP contribution in [0.5, 0.6) is 0 Å². The molecule has 1 saturated heterocycles. The molecular formula is C21H29ClIN7O2. The van der Waals surface area contributed by atoms with E-state index in [4.69, 9.17) is 16.1 Å². The summed E-state index contributed by atoms with van der Waals surface area (Å²) in [6.07, 6.45) is 2.84. The zero-order valence-corrected chi connectivity index (χ0v) is 21.2. The van der Waals surface area contributed by atoms with Crippen molar-refractivity contribution in [2.75, 3.05) is 46.3 Å². The van der Waals surface area contributed by atoms with E-state index in [0.717, 1.165) is 50.5 Å². The summed E-state index contributed by atoms with van der Waals surface area (Å²) in [4.78, 5) is 25.2. The van der Waals surface area contributed by atoms with E-state index in [1.807, 2.05) is 12.1 Å². The lowest BCUT2D eigenvalue weighted by atomic mass is 10.2. The van der Waals surface area contributed by atoms with E-state index in [9.17, 15) is 4.79 Å². The van der Waals surface area contributed by atoms with Crippen molar-refractivity contribution in [1.82, 2.24) is 30.6 Å². The van der Waals surface area contributed by atoms with Crippen LogP contribution in [0.25, 0.3) is 11.4 Å². The SMILES string of the molecule is CN=C(NCCc1nc(-c2ccc(Cl)cc2)no1)N1CCN(CC(=O)NC2CC2)CC1.I. The van der Waals surface area contributed by atoms with E-state index in [1.165, 1.54) is 0 Å². The van der Waals surface area contributed by atoms with E-state index < -0.39 is 0 Å². The van der Waals surface area contributed by atoms with Gasteiger partial charge < -0.3 is 20.1 Å². The van der Waals surface area contributed by atoms with Crippen LogP contribution in [0.2, 0.25) is 5.02 Å². The Hall–Kier alpha value is -1.92. The number of guanidine groups is 1. The molecule has 1 aromatic heterocycles. The van der Waals surface area contributed by atoms with Crippen LogP contribution in [0, 0.1) is 0 Å². The van der Waals surface area contributed by atoms with Gasteiger partial charge in [0.05, 0.1) is 6.54 Å². The van der Waals surface area contributed by atoms with Gasteiger partial charge in [-0.05, 0) is 37.1 Å². The molecular weight excluding hydrogens is 545 g/mol. The summed E-state index contributed by atoms with van der Waals surface area (Å²) in [5.41, 5.74) is 0.867. The molecule has 2 heterocycles. The number of amides is 1. The minimum Gasteiger partial charge on any atom is -0.356 e. The number of piperazine rings is 1. The standard InChI is InChI=1S/C21H28ClN7O2.HI/c1-23-21(29-12-10-28(11-13-29)14-18(30)25-17-6-7-17)24-9-8-19-26-20(27-31-19)15-2-4-16(22)5-3-15;/h2-5,17H,6-14H2,1H3,(H,23,24)(H,25,30);1H. The van der Waals surface area contributed by atoms with Crippen LogP contribution in [0.1, 0.15) is 18.7 Å². The predicted octanol–water partition coefficient (Wildman–Crippen LogP) is 2.02. The number of aliphatic imine (C=N–C) groups is 1. The minimum atomic E-state index is 0. The lowest BCUT2D eigenvalue weighted by Gasteiger charge is -2.36. The topological polar surface area (TPSA) is 98.9 Å². The van der Waals surface area contributed by atoms with Crippen LogP contribution in [0.3, 0.4) is 0 Å². The molecule has 1 aromatic carbocycles. The number of hydrogen-bond donors (Lipinski definition) is 2. The van der Waals surface area contributed by atoms with Crippen molar-refractivity contribution in [3.8, 4) is 11.4 Å². The maximum atomic E-state index is 12.0. The van der Waals surface area contributed by atoms with Gasteiger partial charge in [-0.3, -0.25) is 14.7 Å². The molecule has 174 valence electrons. The largest absolute Gasteiger partial charge is 0.356 e. The molecule has 1 aliphatic heterocycles. The Bertz CT molecular complexity index is 909. The number of rotatable bonds is 7. The average molecular weight is 574 g/mol. The quantitative estimate of drug-likeness (QED) is 0.297. The Morgan fingerprint density at radius 3 is 2.59 bits per heavy atom. The number of hydrogen-bond acceptors (Lipinski definition) is 6. The van der Waals surface area contributed by atoms with Crippen molar-refractivity contribution in [3.05, 3.63) is 35.2 Å². The van der Waals surface area contributed by atoms with Crippen LogP contribution in [0.15, 0.2) is 33.8 Å². The number of carbonyl (C=O) groups excluding carboxylic acids is 1. The van der Waals surface area contributed by atoms with E-state index in [0.29, 0.717) is 42.3 Å². The zero-order chi connectivity index (χ0) is 21.6. The van der Waals surface area contributed by atoms with Gasteiger partial charge in [-0.2, -0.15) is 4.98 Å². The first kappa shape index (κ1) is 24.7. The molecule has 2 aromatic rings. The normalized spacial score (nSPS) is 17.1. The number of nitrogens with zero attached hydrogens (tertiary/aromatic N) is 5. The lowest BCUT2D eigenvalue weighted by molar-refractivity contribution is -0.122. The van der Waals surface area contributed by atoms with Gasteiger partial charge in [-0.25, -0.2) is 0 Å². The third-order valence-corrected chi connectivity index (χ3v) is 5.64. The first-order valence-corrected chi connectivity index (χ1v) is 11.0. The van der Waals surface area contributed by atoms with Crippen LogP contribution in [-0.4, -0.2) is 84.2 Å². The minimum absolute atomic E-state index is 0. The van der Waals surface area contributed by atoms with Crippen molar-refractivity contribution in [1.29, 1.82) is 0 Å². The lowest BCUT2D eigenvalue weighted by Crippen LogP contribution is -2.54. The fourth-order valence-electron chi connectivity index (χ4n) is 3.51. The van der Waals surface area contributed by atoms with Gasteiger partial charge in [0.25, 0.3) is 0 Å². The molecule has 2 aliphatic rings. The summed E-state index contributed by atoms with van der Waals surface area (Å²) in [6, 6.07) is 7.76. The van der Waals surface area contributed by atoms with Crippen LogP contribution in [0.4, 0.5) is 0 Å². The van der Waals surface area contributed by atoms with Gasteiger partial charge >= 0.3 is 0 Å². The van der Waals surface area contributed by atoms with E-state index in [1.54, 1.807) is 19.2 Å². The van der Waals surface area contributed by atoms with Crippen molar-refractivity contribution in [3.63, 3.8) is 0 Å². The highest BCUT2D eigenvalue weighted by Gasteiger charge is 2.25. The van der Waals surface area contributed by atoms with Gasteiger partial charge in [0.2, 0.25) is 17.6 Å². The molecule has 0 bridgehead atoms. The highest BCUT2D eigenvalue weighted by atomic mass is 127. The monoisotopic (exact) mass is 573 g/mol. The van der Waals surface area contributed by atoms with Gasteiger partial charge in [-0.15, -0.1) is 24.0 Å². The smallest absolute Gasteiger partial charge is 0.234 e. The van der Waals surface area contributed by atoms with Crippen molar-refractivity contribution in [2.24, 2.45) is 4.99 Å². The van der Waals surface area contributed by atoms with Crippen molar-refractivity contribution >= 4 is 47.4 Å².